The quantitative estimate of drug-likeness (QED) is 0.829. The second-order valence-corrected chi connectivity index (χ2v) is 5.01. The first kappa shape index (κ1) is 17.1. The van der Waals surface area contributed by atoms with Gasteiger partial charge in [-0.3, -0.25) is 0 Å². The highest BCUT2D eigenvalue weighted by molar-refractivity contribution is 6.04. The molecule has 3 amide bonds. The minimum absolute atomic E-state index is 0.0299. The molecule has 7 nitrogen and oxygen atoms in total. The van der Waals surface area contributed by atoms with Crippen LogP contribution in [-0.4, -0.2) is 29.3 Å². The van der Waals surface area contributed by atoms with E-state index < -0.39 is 29.9 Å². The molecule has 2 atom stereocenters. The zero-order chi connectivity index (χ0) is 17.9. The summed E-state index contributed by atoms with van der Waals surface area (Å²) in [5.41, 5.74) is 0.256. The first-order chi connectivity index (χ1) is 11.4. The summed E-state index contributed by atoms with van der Waals surface area (Å²) in [6, 6.07) is 5.35. The van der Waals surface area contributed by atoms with Gasteiger partial charge in [-0.1, -0.05) is 6.07 Å². The van der Waals surface area contributed by atoms with Crippen molar-refractivity contribution in [3.8, 4) is 12.1 Å². The normalized spacial score (nSPS) is 20.0. The van der Waals surface area contributed by atoms with Crippen LogP contribution in [0.4, 0.5) is 14.0 Å². The van der Waals surface area contributed by atoms with Crippen molar-refractivity contribution in [2.45, 2.75) is 19.9 Å². The Balaban J connectivity index is 2.61. The second kappa shape index (κ2) is 6.88. The van der Waals surface area contributed by atoms with Crippen LogP contribution >= 0.6 is 0 Å². The Morgan fingerprint density at radius 1 is 1.46 bits per heavy atom. The number of urea groups is 1. The van der Waals surface area contributed by atoms with Crippen molar-refractivity contribution >= 4 is 17.8 Å². The fourth-order valence-corrected chi connectivity index (χ4v) is 2.47. The number of rotatable bonds is 2. The molecule has 1 aromatic rings. The fraction of sp³-hybridized carbons (Fsp3) is 0.312. The van der Waals surface area contributed by atoms with E-state index in [0.717, 1.165) is 11.0 Å². The van der Waals surface area contributed by atoms with Gasteiger partial charge >= 0.3 is 12.1 Å². The van der Waals surface area contributed by atoms with E-state index in [2.05, 4.69) is 4.99 Å². The predicted molar refractivity (Wildman–Crippen MR) is 80.3 cm³/mol. The van der Waals surface area contributed by atoms with Crippen LogP contribution in [0, 0.1) is 34.4 Å². The summed E-state index contributed by atoms with van der Waals surface area (Å²) in [6.45, 7) is 3.10. The Morgan fingerprint density at radius 3 is 2.75 bits per heavy atom. The van der Waals surface area contributed by atoms with E-state index in [0.29, 0.717) is 0 Å². The molecule has 0 aliphatic carbocycles. The maximum absolute atomic E-state index is 13.6. The number of carbonyl (C=O) groups is 2. The number of imide groups is 1. The molecule has 0 radical (unpaired) electrons. The largest absolute Gasteiger partial charge is 0.449 e. The van der Waals surface area contributed by atoms with Gasteiger partial charge in [0.05, 0.1) is 24.3 Å². The number of ether oxygens (including phenoxy) is 1. The lowest BCUT2D eigenvalue weighted by molar-refractivity contribution is 0.0982. The minimum atomic E-state index is -1.05. The minimum Gasteiger partial charge on any atom is -0.449 e. The summed E-state index contributed by atoms with van der Waals surface area (Å²) in [6.07, 6.45) is -0.952. The summed E-state index contributed by atoms with van der Waals surface area (Å²) >= 11 is 0. The highest BCUT2D eigenvalue weighted by atomic mass is 19.1. The summed E-state index contributed by atoms with van der Waals surface area (Å²) in [5.74, 6) is -1.66. The molecule has 1 aromatic carbocycles. The third kappa shape index (κ3) is 2.95. The molecule has 0 saturated carbocycles. The van der Waals surface area contributed by atoms with Crippen molar-refractivity contribution in [3.63, 3.8) is 0 Å². The Morgan fingerprint density at radius 2 is 2.17 bits per heavy atom. The van der Waals surface area contributed by atoms with Crippen molar-refractivity contribution in [1.82, 2.24) is 4.90 Å². The van der Waals surface area contributed by atoms with Crippen molar-refractivity contribution < 1.29 is 18.7 Å². The Bertz CT molecular complexity index is 807. The number of aliphatic imine (C=N–C) groups is 1. The number of nitrogens with zero attached hydrogens (tertiary/aromatic N) is 4. The average Bonchev–Trinajstić information content (AvgIpc) is 2.54. The van der Waals surface area contributed by atoms with Crippen molar-refractivity contribution in [2.24, 2.45) is 10.9 Å². The molecule has 8 heteroatoms. The van der Waals surface area contributed by atoms with Crippen LogP contribution in [0.2, 0.25) is 0 Å². The van der Waals surface area contributed by atoms with Crippen molar-refractivity contribution in [3.05, 3.63) is 35.1 Å². The molecule has 122 valence electrons. The first-order valence-corrected chi connectivity index (χ1v) is 7.08. The molecule has 0 bridgehead atoms. The van der Waals surface area contributed by atoms with Gasteiger partial charge in [-0.2, -0.15) is 10.5 Å². The van der Waals surface area contributed by atoms with Gasteiger partial charge in [-0.15, -0.1) is 0 Å². The lowest BCUT2D eigenvalue weighted by Crippen LogP contribution is -2.46. The SMILES string of the molecule is CCOC(=O)N1C(=O)N=C(C)C(C#N)C1c1ccc(F)c(C#N)c1. The Kier molecular flexibility index (Phi) is 4.90. The van der Waals surface area contributed by atoms with E-state index in [9.17, 15) is 19.2 Å². The van der Waals surface area contributed by atoms with Crippen molar-refractivity contribution in [1.29, 1.82) is 10.5 Å². The van der Waals surface area contributed by atoms with Gasteiger partial charge in [0.25, 0.3) is 0 Å². The fourth-order valence-electron chi connectivity index (χ4n) is 2.47. The van der Waals surface area contributed by atoms with E-state index in [-0.39, 0.29) is 23.4 Å². The molecule has 0 spiro atoms. The predicted octanol–water partition coefficient (Wildman–Crippen LogP) is 2.93. The zero-order valence-electron chi connectivity index (χ0n) is 13.0. The van der Waals surface area contributed by atoms with Gasteiger partial charge in [0.1, 0.15) is 17.8 Å². The lowest BCUT2D eigenvalue weighted by atomic mass is 9.87. The third-order valence-electron chi connectivity index (χ3n) is 3.58. The van der Waals surface area contributed by atoms with Crippen LogP contribution in [0.15, 0.2) is 23.2 Å². The van der Waals surface area contributed by atoms with Gasteiger partial charge in [0.15, 0.2) is 0 Å². The van der Waals surface area contributed by atoms with Gasteiger partial charge < -0.3 is 4.74 Å². The van der Waals surface area contributed by atoms with Crippen LogP contribution in [-0.2, 0) is 4.74 Å². The van der Waals surface area contributed by atoms with Crippen LogP contribution in [0.3, 0.4) is 0 Å². The van der Waals surface area contributed by atoms with Crippen LogP contribution < -0.4 is 0 Å². The number of amides is 3. The molecule has 1 aliphatic heterocycles. The number of nitriles is 2. The van der Waals surface area contributed by atoms with E-state index in [1.165, 1.54) is 19.1 Å². The topological polar surface area (TPSA) is 107 Å². The summed E-state index contributed by atoms with van der Waals surface area (Å²) in [4.78, 5) is 28.7. The molecule has 2 rings (SSSR count). The molecule has 2 unspecified atom stereocenters. The number of benzene rings is 1. The smallest absolute Gasteiger partial charge is 0.418 e. The highest BCUT2D eigenvalue weighted by Crippen LogP contribution is 2.35. The average molecular weight is 328 g/mol. The van der Waals surface area contributed by atoms with Gasteiger partial charge in [0, 0.05) is 5.71 Å². The van der Waals surface area contributed by atoms with Gasteiger partial charge in [-0.05, 0) is 31.5 Å². The van der Waals surface area contributed by atoms with Crippen molar-refractivity contribution in [2.75, 3.05) is 6.61 Å². The summed E-state index contributed by atoms with van der Waals surface area (Å²) in [5, 5.41) is 18.4. The number of carbonyl (C=O) groups excluding carboxylic acids is 2. The zero-order valence-corrected chi connectivity index (χ0v) is 13.0. The molecular weight excluding hydrogens is 315 g/mol. The van der Waals surface area contributed by atoms with Crippen LogP contribution in [0.1, 0.15) is 31.0 Å². The number of halogens is 1. The molecule has 0 fully saturated rings. The Hall–Kier alpha value is -3.26. The van der Waals surface area contributed by atoms with E-state index >= 15 is 0 Å². The highest BCUT2D eigenvalue weighted by Gasteiger charge is 2.42. The molecule has 0 saturated heterocycles. The molecular formula is C16H13FN4O3. The summed E-state index contributed by atoms with van der Waals surface area (Å²) < 4.78 is 18.4. The number of hydrogen-bond acceptors (Lipinski definition) is 5. The third-order valence-corrected chi connectivity index (χ3v) is 3.58. The number of hydrogen-bond donors (Lipinski definition) is 0. The Labute approximate surface area is 137 Å². The van der Waals surface area contributed by atoms with Crippen LogP contribution in [0.5, 0.6) is 0 Å². The van der Waals surface area contributed by atoms with E-state index in [1.807, 2.05) is 6.07 Å². The van der Waals surface area contributed by atoms with E-state index in [1.54, 1.807) is 13.0 Å². The maximum atomic E-state index is 13.6. The molecule has 1 heterocycles. The van der Waals surface area contributed by atoms with E-state index in [4.69, 9.17) is 10.00 Å². The molecule has 0 aromatic heterocycles. The van der Waals surface area contributed by atoms with Crippen LogP contribution in [0.25, 0.3) is 0 Å². The standard InChI is InChI=1S/C16H13FN4O3/c1-3-24-16(23)21-14(12(8-19)9(2)20-15(21)22)10-4-5-13(17)11(6-10)7-18/h4-6,12,14H,3H2,1-2H3. The van der Waals surface area contributed by atoms with Gasteiger partial charge in [-0.25, -0.2) is 23.9 Å². The molecule has 0 N–H and O–H groups in total. The lowest BCUT2D eigenvalue weighted by Gasteiger charge is -2.34. The summed E-state index contributed by atoms with van der Waals surface area (Å²) in [7, 11) is 0. The maximum Gasteiger partial charge on any atom is 0.418 e. The molecule has 24 heavy (non-hydrogen) atoms. The first-order valence-electron chi connectivity index (χ1n) is 7.08. The molecule has 1 aliphatic rings. The monoisotopic (exact) mass is 328 g/mol. The second-order valence-electron chi connectivity index (χ2n) is 5.01. The van der Waals surface area contributed by atoms with Gasteiger partial charge in [0.2, 0.25) is 0 Å².